The van der Waals surface area contributed by atoms with Crippen molar-refractivity contribution in [2.24, 2.45) is 7.05 Å². The Hall–Kier alpha value is -2.81. The summed E-state index contributed by atoms with van der Waals surface area (Å²) in [6.07, 6.45) is -3.99. The van der Waals surface area contributed by atoms with Gasteiger partial charge in [0.1, 0.15) is 0 Å². The van der Waals surface area contributed by atoms with Gasteiger partial charge in [-0.3, -0.25) is 4.79 Å². The quantitative estimate of drug-likeness (QED) is 0.587. The molecule has 0 radical (unpaired) electrons. The summed E-state index contributed by atoms with van der Waals surface area (Å²) in [6.45, 7) is 0. The molecule has 1 amide bonds. The number of amides is 1. The minimum Gasteiger partial charge on any atom is -0.348 e. The smallest absolute Gasteiger partial charge is 0.348 e. The third-order valence-corrected chi connectivity index (χ3v) is 5.26. The van der Waals surface area contributed by atoms with E-state index in [2.05, 4.69) is 15.5 Å². The van der Waals surface area contributed by atoms with Crippen LogP contribution in [0.5, 0.6) is 0 Å². The second kappa shape index (κ2) is 9.13. The molecule has 0 fully saturated rings. The van der Waals surface area contributed by atoms with Crippen molar-refractivity contribution in [3.05, 3.63) is 77.6 Å². The van der Waals surface area contributed by atoms with Gasteiger partial charge in [0, 0.05) is 7.05 Å². The highest BCUT2D eigenvalue weighted by atomic mass is 32.2. The van der Waals surface area contributed by atoms with Crippen LogP contribution in [0.15, 0.2) is 65.8 Å². The van der Waals surface area contributed by atoms with Gasteiger partial charge in [-0.15, -0.1) is 10.2 Å². The second-order valence-corrected chi connectivity index (χ2v) is 7.31. The lowest BCUT2D eigenvalue weighted by atomic mass is 9.99. The van der Waals surface area contributed by atoms with E-state index in [0.29, 0.717) is 6.42 Å². The fourth-order valence-corrected chi connectivity index (χ4v) is 3.56. The standard InChI is InChI=1S/C20H19F3N4OS/c1-27-18(20(21,22)23)25-26-19(27)29-13-17(28)24-16(15-10-6-3-7-11-15)12-14-8-4-2-5-9-14/h2-11,16H,12-13H2,1H3,(H,24,28)/t16-/m0/s1. The van der Waals surface area contributed by atoms with Gasteiger partial charge >= 0.3 is 6.18 Å². The van der Waals surface area contributed by atoms with Crippen LogP contribution in [-0.2, 0) is 24.4 Å². The first-order valence-electron chi connectivity index (χ1n) is 8.82. The lowest BCUT2D eigenvalue weighted by molar-refractivity contribution is -0.147. The van der Waals surface area contributed by atoms with Crippen molar-refractivity contribution in [3.8, 4) is 0 Å². The first kappa shape index (κ1) is 20.9. The van der Waals surface area contributed by atoms with Gasteiger partial charge in [0.2, 0.25) is 11.7 Å². The predicted octanol–water partition coefficient (Wildman–Crippen LogP) is 4.03. The predicted molar refractivity (Wildman–Crippen MR) is 104 cm³/mol. The summed E-state index contributed by atoms with van der Waals surface area (Å²) in [4.78, 5) is 12.5. The molecule has 29 heavy (non-hydrogen) atoms. The number of alkyl halides is 3. The molecule has 9 heteroatoms. The number of rotatable bonds is 7. The maximum Gasteiger partial charge on any atom is 0.451 e. The monoisotopic (exact) mass is 420 g/mol. The van der Waals surface area contributed by atoms with Crippen LogP contribution in [0.1, 0.15) is 23.0 Å². The molecule has 152 valence electrons. The zero-order chi connectivity index (χ0) is 20.9. The molecule has 1 aromatic heterocycles. The van der Waals surface area contributed by atoms with E-state index in [4.69, 9.17) is 0 Å². The Morgan fingerprint density at radius 3 is 2.28 bits per heavy atom. The summed E-state index contributed by atoms with van der Waals surface area (Å²) in [5.74, 6) is -1.45. The molecule has 0 saturated carbocycles. The molecular weight excluding hydrogens is 401 g/mol. The molecule has 0 spiro atoms. The number of thioether (sulfide) groups is 1. The van der Waals surface area contributed by atoms with Crippen molar-refractivity contribution in [2.75, 3.05) is 5.75 Å². The third kappa shape index (κ3) is 5.60. The summed E-state index contributed by atoms with van der Waals surface area (Å²) in [7, 11) is 1.23. The number of hydrogen-bond donors (Lipinski definition) is 1. The third-order valence-electron chi connectivity index (χ3n) is 4.24. The van der Waals surface area contributed by atoms with Crippen LogP contribution < -0.4 is 5.32 Å². The van der Waals surface area contributed by atoms with Crippen LogP contribution >= 0.6 is 11.8 Å². The molecule has 0 bridgehead atoms. The average molecular weight is 420 g/mol. The average Bonchev–Trinajstić information content (AvgIpc) is 3.08. The topological polar surface area (TPSA) is 59.8 Å². The molecule has 0 saturated heterocycles. The Balaban J connectivity index is 1.67. The molecule has 5 nitrogen and oxygen atoms in total. The Morgan fingerprint density at radius 1 is 1.07 bits per heavy atom. The van der Waals surface area contributed by atoms with Gasteiger partial charge in [-0.05, 0) is 17.5 Å². The highest BCUT2D eigenvalue weighted by Crippen LogP contribution is 2.29. The number of benzene rings is 2. The van der Waals surface area contributed by atoms with E-state index in [-0.39, 0.29) is 22.9 Å². The largest absolute Gasteiger partial charge is 0.451 e. The normalized spacial score (nSPS) is 12.6. The van der Waals surface area contributed by atoms with Crippen LogP contribution in [0.25, 0.3) is 0 Å². The number of carbonyl (C=O) groups is 1. The van der Waals surface area contributed by atoms with E-state index >= 15 is 0 Å². The van der Waals surface area contributed by atoms with Crippen molar-refractivity contribution in [1.82, 2.24) is 20.1 Å². The second-order valence-electron chi connectivity index (χ2n) is 6.37. The van der Waals surface area contributed by atoms with Crippen molar-refractivity contribution in [3.63, 3.8) is 0 Å². The molecule has 3 rings (SSSR count). The van der Waals surface area contributed by atoms with Crippen molar-refractivity contribution < 1.29 is 18.0 Å². The minimum atomic E-state index is -4.59. The lowest BCUT2D eigenvalue weighted by Crippen LogP contribution is -2.31. The maximum atomic E-state index is 12.8. The summed E-state index contributed by atoms with van der Waals surface area (Å²) < 4.78 is 39.3. The van der Waals surface area contributed by atoms with Crippen LogP contribution in [0, 0.1) is 0 Å². The molecule has 0 aliphatic carbocycles. The molecule has 0 aliphatic rings. The SMILES string of the molecule is Cn1c(SCC(=O)N[C@@H](Cc2ccccc2)c2ccccc2)nnc1C(F)(F)F. The molecule has 0 unspecified atom stereocenters. The summed E-state index contributed by atoms with van der Waals surface area (Å²) >= 11 is 0.913. The maximum absolute atomic E-state index is 12.8. The zero-order valence-electron chi connectivity index (χ0n) is 15.6. The van der Waals surface area contributed by atoms with Crippen LogP contribution in [0.3, 0.4) is 0 Å². The first-order chi connectivity index (χ1) is 13.8. The molecule has 3 aromatic rings. The van der Waals surface area contributed by atoms with Crippen LogP contribution in [0.2, 0.25) is 0 Å². The molecule has 1 atom stereocenters. The Morgan fingerprint density at radius 2 is 1.69 bits per heavy atom. The number of carbonyl (C=O) groups excluding carboxylic acids is 1. The number of aromatic nitrogens is 3. The van der Waals surface area contributed by atoms with Gasteiger partial charge in [0.05, 0.1) is 11.8 Å². The first-order valence-corrected chi connectivity index (χ1v) is 9.81. The van der Waals surface area contributed by atoms with Gasteiger partial charge in [-0.25, -0.2) is 0 Å². The van der Waals surface area contributed by atoms with E-state index < -0.39 is 12.0 Å². The zero-order valence-corrected chi connectivity index (χ0v) is 16.4. The van der Waals surface area contributed by atoms with Gasteiger partial charge in [0.15, 0.2) is 5.16 Å². The Labute approximate surface area is 170 Å². The van der Waals surface area contributed by atoms with Gasteiger partial charge < -0.3 is 9.88 Å². The highest BCUT2D eigenvalue weighted by Gasteiger charge is 2.37. The Bertz CT molecular complexity index is 945. The molecule has 0 aliphatic heterocycles. The van der Waals surface area contributed by atoms with E-state index in [0.717, 1.165) is 27.5 Å². The highest BCUT2D eigenvalue weighted by molar-refractivity contribution is 7.99. The molecule has 2 aromatic carbocycles. The van der Waals surface area contributed by atoms with E-state index in [1.165, 1.54) is 7.05 Å². The van der Waals surface area contributed by atoms with Crippen LogP contribution in [0.4, 0.5) is 13.2 Å². The van der Waals surface area contributed by atoms with Gasteiger partial charge in [-0.1, -0.05) is 72.4 Å². The van der Waals surface area contributed by atoms with Crippen molar-refractivity contribution in [1.29, 1.82) is 0 Å². The van der Waals surface area contributed by atoms with Crippen molar-refractivity contribution >= 4 is 17.7 Å². The number of hydrogen-bond acceptors (Lipinski definition) is 4. The number of nitrogens with one attached hydrogen (secondary N) is 1. The number of halogens is 3. The van der Waals surface area contributed by atoms with Crippen molar-refractivity contribution in [2.45, 2.75) is 23.8 Å². The van der Waals surface area contributed by atoms with Gasteiger partial charge in [-0.2, -0.15) is 13.2 Å². The molecule has 1 heterocycles. The number of nitrogens with zero attached hydrogens (tertiary/aromatic N) is 3. The summed E-state index contributed by atoms with van der Waals surface area (Å²) in [5, 5.41) is 9.70. The fourth-order valence-electron chi connectivity index (χ4n) is 2.84. The van der Waals surface area contributed by atoms with E-state index in [9.17, 15) is 18.0 Å². The van der Waals surface area contributed by atoms with Crippen LogP contribution in [-0.4, -0.2) is 26.4 Å². The molecular formula is C20H19F3N4OS. The fraction of sp³-hybridized carbons (Fsp3) is 0.250. The van der Waals surface area contributed by atoms with Gasteiger partial charge in [0.25, 0.3) is 0 Å². The summed E-state index contributed by atoms with van der Waals surface area (Å²) in [6, 6.07) is 19.0. The Kier molecular flexibility index (Phi) is 6.58. The minimum absolute atomic E-state index is 0.0341. The van der Waals surface area contributed by atoms with E-state index in [1.807, 2.05) is 60.7 Å². The van der Waals surface area contributed by atoms with E-state index in [1.54, 1.807) is 0 Å². The molecule has 1 N–H and O–H groups in total. The lowest BCUT2D eigenvalue weighted by Gasteiger charge is -2.19. The summed E-state index contributed by atoms with van der Waals surface area (Å²) in [5.41, 5.74) is 2.02.